The van der Waals surface area contributed by atoms with Crippen molar-refractivity contribution in [3.05, 3.63) is 54.1 Å². The van der Waals surface area contributed by atoms with Crippen LogP contribution < -0.4 is 10.2 Å². The number of carbonyl (C=O) groups is 1. The molecular weight excluding hydrogens is 284 g/mol. The SMILES string of the molecule is CC1Cc2ccccc2N1c1ccc(NC(=O)C(C)(C)C)cc1. The summed E-state index contributed by atoms with van der Waals surface area (Å²) >= 11 is 0. The smallest absolute Gasteiger partial charge is 0.229 e. The third kappa shape index (κ3) is 3.09. The maximum absolute atomic E-state index is 12.1. The van der Waals surface area contributed by atoms with E-state index >= 15 is 0 Å². The third-order valence-corrected chi connectivity index (χ3v) is 4.29. The Labute approximate surface area is 138 Å². The van der Waals surface area contributed by atoms with Gasteiger partial charge in [-0.1, -0.05) is 39.0 Å². The van der Waals surface area contributed by atoms with Crippen LogP contribution in [-0.2, 0) is 11.2 Å². The average molecular weight is 308 g/mol. The van der Waals surface area contributed by atoms with E-state index in [0.717, 1.165) is 17.8 Å². The molecule has 0 aliphatic carbocycles. The molecular formula is C20H24N2O. The summed E-state index contributed by atoms with van der Waals surface area (Å²) in [6, 6.07) is 17.1. The Balaban J connectivity index is 1.82. The van der Waals surface area contributed by atoms with E-state index in [4.69, 9.17) is 0 Å². The van der Waals surface area contributed by atoms with Gasteiger partial charge in [0.05, 0.1) is 0 Å². The first kappa shape index (κ1) is 15.6. The highest BCUT2D eigenvalue weighted by Gasteiger charge is 2.26. The summed E-state index contributed by atoms with van der Waals surface area (Å²) in [6.45, 7) is 7.99. The van der Waals surface area contributed by atoms with Gasteiger partial charge in [-0.15, -0.1) is 0 Å². The van der Waals surface area contributed by atoms with Gasteiger partial charge in [0.1, 0.15) is 0 Å². The number of fused-ring (bicyclic) bond motifs is 1. The van der Waals surface area contributed by atoms with Crippen molar-refractivity contribution in [3.63, 3.8) is 0 Å². The van der Waals surface area contributed by atoms with E-state index in [0.29, 0.717) is 6.04 Å². The number of rotatable bonds is 2. The molecule has 1 unspecified atom stereocenters. The number of anilines is 3. The van der Waals surface area contributed by atoms with Crippen molar-refractivity contribution in [2.75, 3.05) is 10.2 Å². The predicted octanol–water partition coefficient (Wildman–Crippen LogP) is 4.75. The summed E-state index contributed by atoms with van der Waals surface area (Å²) in [5.41, 5.74) is 4.29. The number of nitrogens with zero attached hydrogens (tertiary/aromatic N) is 1. The van der Waals surface area contributed by atoms with E-state index in [1.54, 1.807) is 0 Å². The van der Waals surface area contributed by atoms with Gasteiger partial charge in [-0.05, 0) is 49.2 Å². The van der Waals surface area contributed by atoms with E-state index in [1.807, 2.05) is 32.9 Å². The van der Waals surface area contributed by atoms with Gasteiger partial charge in [0.25, 0.3) is 0 Å². The van der Waals surface area contributed by atoms with Crippen molar-refractivity contribution in [1.29, 1.82) is 0 Å². The Kier molecular flexibility index (Phi) is 3.88. The summed E-state index contributed by atoms with van der Waals surface area (Å²) in [5, 5.41) is 2.97. The summed E-state index contributed by atoms with van der Waals surface area (Å²) in [4.78, 5) is 14.4. The van der Waals surface area contributed by atoms with Gasteiger partial charge in [0.2, 0.25) is 5.91 Å². The molecule has 1 aliphatic heterocycles. The molecule has 1 heterocycles. The van der Waals surface area contributed by atoms with Crippen LogP contribution in [-0.4, -0.2) is 11.9 Å². The highest BCUT2D eigenvalue weighted by atomic mass is 16.2. The van der Waals surface area contributed by atoms with Gasteiger partial charge in [-0.25, -0.2) is 0 Å². The second-order valence-corrected chi connectivity index (χ2v) is 7.30. The van der Waals surface area contributed by atoms with Gasteiger partial charge in [0.15, 0.2) is 0 Å². The first-order chi connectivity index (χ1) is 10.9. The molecule has 0 saturated carbocycles. The van der Waals surface area contributed by atoms with Crippen molar-refractivity contribution < 1.29 is 4.79 Å². The normalized spacial score (nSPS) is 17.0. The molecule has 3 rings (SSSR count). The molecule has 120 valence electrons. The number of hydrogen-bond acceptors (Lipinski definition) is 2. The first-order valence-corrected chi connectivity index (χ1v) is 8.15. The summed E-state index contributed by atoms with van der Waals surface area (Å²) in [5.74, 6) is 0.0325. The van der Waals surface area contributed by atoms with Crippen LogP contribution in [0.2, 0.25) is 0 Å². The molecule has 3 nitrogen and oxygen atoms in total. The zero-order valence-electron chi connectivity index (χ0n) is 14.3. The van der Waals surface area contributed by atoms with Crippen LogP contribution in [0.3, 0.4) is 0 Å². The lowest BCUT2D eigenvalue weighted by Gasteiger charge is -2.25. The Morgan fingerprint density at radius 2 is 1.74 bits per heavy atom. The topological polar surface area (TPSA) is 32.3 Å². The summed E-state index contributed by atoms with van der Waals surface area (Å²) in [6.07, 6.45) is 1.07. The van der Waals surface area contributed by atoms with Gasteiger partial charge in [-0.3, -0.25) is 4.79 Å². The molecule has 0 bridgehead atoms. The van der Waals surface area contributed by atoms with Crippen LogP contribution in [0.4, 0.5) is 17.1 Å². The van der Waals surface area contributed by atoms with Crippen molar-refractivity contribution >= 4 is 23.0 Å². The molecule has 23 heavy (non-hydrogen) atoms. The molecule has 1 aliphatic rings. The van der Waals surface area contributed by atoms with E-state index < -0.39 is 0 Å². The second kappa shape index (κ2) is 5.73. The van der Waals surface area contributed by atoms with Crippen LogP contribution >= 0.6 is 0 Å². The van der Waals surface area contributed by atoms with E-state index in [9.17, 15) is 4.79 Å². The Morgan fingerprint density at radius 1 is 1.09 bits per heavy atom. The molecule has 1 N–H and O–H groups in total. The molecule has 1 amide bonds. The van der Waals surface area contributed by atoms with Crippen molar-refractivity contribution in [1.82, 2.24) is 0 Å². The zero-order valence-corrected chi connectivity index (χ0v) is 14.3. The summed E-state index contributed by atoms with van der Waals surface area (Å²) in [7, 11) is 0. The third-order valence-electron chi connectivity index (χ3n) is 4.29. The molecule has 0 saturated heterocycles. The van der Waals surface area contributed by atoms with Crippen LogP contribution in [0.1, 0.15) is 33.3 Å². The monoisotopic (exact) mass is 308 g/mol. The molecule has 0 aromatic heterocycles. The Morgan fingerprint density at radius 3 is 2.39 bits per heavy atom. The fraction of sp³-hybridized carbons (Fsp3) is 0.350. The zero-order chi connectivity index (χ0) is 16.6. The predicted molar refractivity (Wildman–Crippen MR) is 96.3 cm³/mol. The number of benzene rings is 2. The largest absolute Gasteiger partial charge is 0.338 e. The van der Waals surface area contributed by atoms with Crippen molar-refractivity contribution in [3.8, 4) is 0 Å². The number of amides is 1. The fourth-order valence-electron chi connectivity index (χ4n) is 2.98. The number of carbonyl (C=O) groups excluding carboxylic acids is 1. The lowest BCUT2D eigenvalue weighted by Crippen LogP contribution is -2.27. The van der Waals surface area contributed by atoms with Crippen LogP contribution in [0.25, 0.3) is 0 Å². The molecule has 0 radical (unpaired) electrons. The molecule has 0 fully saturated rings. The van der Waals surface area contributed by atoms with Crippen molar-refractivity contribution in [2.24, 2.45) is 5.41 Å². The second-order valence-electron chi connectivity index (χ2n) is 7.30. The van der Waals surface area contributed by atoms with E-state index in [2.05, 4.69) is 53.5 Å². The summed E-state index contributed by atoms with van der Waals surface area (Å²) < 4.78 is 0. The maximum Gasteiger partial charge on any atom is 0.229 e. The fourth-order valence-corrected chi connectivity index (χ4v) is 2.98. The van der Waals surface area contributed by atoms with E-state index in [1.165, 1.54) is 11.3 Å². The van der Waals surface area contributed by atoms with E-state index in [-0.39, 0.29) is 11.3 Å². The lowest BCUT2D eigenvalue weighted by atomic mass is 9.95. The number of nitrogens with one attached hydrogen (secondary N) is 1. The Hall–Kier alpha value is -2.29. The first-order valence-electron chi connectivity index (χ1n) is 8.15. The minimum Gasteiger partial charge on any atom is -0.338 e. The maximum atomic E-state index is 12.1. The highest BCUT2D eigenvalue weighted by Crippen LogP contribution is 2.38. The molecule has 2 aromatic carbocycles. The molecule has 0 spiro atoms. The molecule has 1 atom stereocenters. The number of hydrogen-bond donors (Lipinski definition) is 1. The minimum absolute atomic E-state index is 0.0325. The average Bonchev–Trinajstić information content (AvgIpc) is 2.83. The van der Waals surface area contributed by atoms with Crippen LogP contribution in [0.5, 0.6) is 0 Å². The minimum atomic E-state index is -0.388. The van der Waals surface area contributed by atoms with Crippen LogP contribution in [0.15, 0.2) is 48.5 Å². The number of para-hydroxylation sites is 1. The van der Waals surface area contributed by atoms with Crippen LogP contribution in [0, 0.1) is 5.41 Å². The van der Waals surface area contributed by atoms with Gasteiger partial charge >= 0.3 is 0 Å². The molecule has 2 aromatic rings. The Bertz CT molecular complexity index is 713. The standard InChI is InChI=1S/C20H24N2O/c1-14-13-15-7-5-6-8-18(15)22(14)17-11-9-16(10-12-17)21-19(23)20(2,3)4/h5-12,14H,13H2,1-4H3,(H,21,23). The quantitative estimate of drug-likeness (QED) is 0.868. The van der Waals surface area contributed by atoms with Gasteiger partial charge < -0.3 is 10.2 Å². The van der Waals surface area contributed by atoms with Crippen molar-refractivity contribution in [2.45, 2.75) is 40.2 Å². The lowest BCUT2D eigenvalue weighted by molar-refractivity contribution is -0.123. The van der Waals surface area contributed by atoms with Gasteiger partial charge in [0, 0.05) is 28.5 Å². The molecule has 3 heteroatoms. The van der Waals surface area contributed by atoms with Gasteiger partial charge in [-0.2, -0.15) is 0 Å². The highest BCUT2D eigenvalue weighted by molar-refractivity contribution is 5.94.